The fourth-order valence-corrected chi connectivity index (χ4v) is 3.26. The van der Waals surface area contributed by atoms with Gasteiger partial charge in [-0.3, -0.25) is 4.90 Å². The Morgan fingerprint density at radius 1 is 1.30 bits per heavy atom. The molecule has 1 aliphatic rings. The molecule has 2 rings (SSSR count). The van der Waals surface area contributed by atoms with Crippen LogP contribution in [-0.2, 0) is 0 Å². The van der Waals surface area contributed by atoms with Gasteiger partial charge in [-0.1, -0.05) is 19.1 Å². The summed E-state index contributed by atoms with van der Waals surface area (Å²) in [7, 11) is 2.13. The highest BCUT2D eigenvalue weighted by Crippen LogP contribution is 2.31. The van der Waals surface area contributed by atoms with Crippen LogP contribution in [0.1, 0.15) is 49.8 Å². The van der Waals surface area contributed by atoms with Crippen molar-refractivity contribution in [3.63, 3.8) is 0 Å². The van der Waals surface area contributed by atoms with E-state index in [1.54, 1.807) is 13.0 Å². The molecule has 20 heavy (non-hydrogen) atoms. The van der Waals surface area contributed by atoms with E-state index >= 15 is 0 Å². The average molecular weight is 278 g/mol. The van der Waals surface area contributed by atoms with E-state index in [9.17, 15) is 4.39 Å². The van der Waals surface area contributed by atoms with Gasteiger partial charge in [0.05, 0.1) is 0 Å². The highest BCUT2D eigenvalue weighted by Gasteiger charge is 2.27. The van der Waals surface area contributed by atoms with Crippen molar-refractivity contribution in [1.82, 2.24) is 4.90 Å². The van der Waals surface area contributed by atoms with Crippen molar-refractivity contribution in [2.45, 2.75) is 51.6 Å². The lowest BCUT2D eigenvalue weighted by molar-refractivity contribution is 0.126. The number of hydrogen-bond donors (Lipinski definition) is 1. The predicted molar refractivity (Wildman–Crippen MR) is 82.1 cm³/mol. The van der Waals surface area contributed by atoms with Gasteiger partial charge in [0.25, 0.3) is 0 Å². The average Bonchev–Trinajstić information content (AvgIpc) is 2.44. The Bertz CT molecular complexity index is 439. The first-order valence-corrected chi connectivity index (χ1v) is 7.71. The Balaban J connectivity index is 2.12. The zero-order valence-corrected chi connectivity index (χ0v) is 12.9. The van der Waals surface area contributed by atoms with Crippen LogP contribution in [0, 0.1) is 18.7 Å². The number of likely N-dealkylation sites (N-methyl/N-ethyl adjacent to an activating group) is 1. The first kappa shape index (κ1) is 15.5. The van der Waals surface area contributed by atoms with Crippen LogP contribution in [0.2, 0.25) is 0 Å². The molecule has 112 valence electrons. The maximum Gasteiger partial charge on any atom is 0.126 e. The van der Waals surface area contributed by atoms with Gasteiger partial charge in [0.15, 0.2) is 0 Å². The highest BCUT2D eigenvalue weighted by atomic mass is 19.1. The second kappa shape index (κ2) is 6.68. The minimum atomic E-state index is -0.133. The number of benzene rings is 1. The molecule has 1 aromatic rings. The molecule has 0 aromatic heterocycles. The number of aryl methyl sites for hydroxylation is 1. The molecule has 1 fully saturated rings. The highest BCUT2D eigenvalue weighted by molar-refractivity contribution is 5.26. The van der Waals surface area contributed by atoms with E-state index in [0.717, 1.165) is 11.5 Å². The summed E-state index contributed by atoms with van der Waals surface area (Å²) in [6, 6.07) is 6.20. The number of hydrogen-bond acceptors (Lipinski definition) is 2. The third-order valence-corrected chi connectivity index (χ3v) is 4.86. The number of nitrogens with zero attached hydrogens (tertiary/aromatic N) is 1. The molecule has 2 N–H and O–H groups in total. The van der Waals surface area contributed by atoms with Crippen molar-refractivity contribution in [2.75, 3.05) is 13.6 Å². The molecule has 1 unspecified atom stereocenters. The molecule has 0 radical (unpaired) electrons. The second-order valence-corrected chi connectivity index (χ2v) is 6.34. The lowest BCUT2D eigenvalue weighted by Gasteiger charge is -2.38. The molecule has 0 spiro atoms. The molecule has 0 saturated heterocycles. The van der Waals surface area contributed by atoms with Crippen LogP contribution < -0.4 is 5.73 Å². The molecule has 1 aliphatic carbocycles. The van der Waals surface area contributed by atoms with Gasteiger partial charge in [-0.15, -0.1) is 0 Å². The summed E-state index contributed by atoms with van der Waals surface area (Å²) >= 11 is 0. The minimum Gasteiger partial charge on any atom is -0.329 e. The van der Waals surface area contributed by atoms with Crippen molar-refractivity contribution in [3.8, 4) is 0 Å². The van der Waals surface area contributed by atoms with E-state index in [4.69, 9.17) is 5.73 Å². The number of halogens is 1. The van der Waals surface area contributed by atoms with Gasteiger partial charge in [-0.05, 0) is 62.8 Å². The summed E-state index contributed by atoms with van der Waals surface area (Å²) < 4.78 is 13.8. The van der Waals surface area contributed by atoms with E-state index in [-0.39, 0.29) is 11.9 Å². The van der Waals surface area contributed by atoms with E-state index < -0.39 is 0 Å². The Kier molecular flexibility index (Phi) is 5.17. The first-order valence-electron chi connectivity index (χ1n) is 7.71. The van der Waals surface area contributed by atoms with Gasteiger partial charge in [0.2, 0.25) is 0 Å². The Morgan fingerprint density at radius 2 is 1.95 bits per heavy atom. The van der Waals surface area contributed by atoms with Crippen molar-refractivity contribution in [1.29, 1.82) is 0 Å². The third kappa shape index (κ3) is 3.39. The Hall–Kier alpha value is -0.930. The predicted octanol–water partition coefficient (Wildman–Crippen LogP) is 3.64. The molecule has 1 saturated carbocycles. The summed E-state index contributed by atoms with van der Waals surface area (Å²) in [5, 5.41) is 0. The summed E-state index contributed by atoms with van der Waals surface area (Å²) in [5.74, 6) is 0.708. The van der Waals surface area contributed by atoms with Crippen molar-refractivity contribution in [3.05, 3.63) is 35.1 Å². The Morgan fingerprint density at radius 3 is 2.50 bits per heavy atom. The van der Waals surface area contributed by atoms with E-state index in [2.05, 4.69) is 18.9 Å². The maximum absolute atomic E-state index is 13.8. The lowest BCUT2D eigenvalue weighted by atomic mass is 9.86. The molecule has 0 aliphatic heterocycles. The second-order valence-electron chi connectivity index (χ2n) is 6.34. The summed E-state index contributed by atoms with van der Waals surface area (Å²) in [6.07, 6.45) is 5.02. The SMILES string of the molecule is Cc1ccc(C(CN)N(C)C2CCC(C)CC2)cc1F. The number of nitrogens with two attached hydrogens (primary N) is 1. The monoisotopic (exact) mass is 278 g/mol. The molecule has 2 nitrogen and oxygen atoms in total. The smallest absolute Gasteiger partial charge is 0.126 e. The molecule has 0 heterocycles. The minimum absolute atomic E-state index is 0.114. The normalized spacial score (nSPS) is 24.9. The first-order chi connectivity index (χ1) is 9.52. The van der Waals surface area contributed by atoms with Gasteiger partial charge in [-0.2, -0.15) is 0 Å². The lowest BCUT2D eigenvalue weighted by Crippen LogP contribution is -2.40. The fourth-order valence-electron chi connectivity index (χ4n) is 3.26. The van der Waals surface area contributed by atoms with Crippen LogP contribution in [0.3, 0.4) is 0 Å². The van der Waals surface area contributed by atoms with Crippen LogP contribution in [0.5, 0.6) is 0 Å². The summed E-state index contributed by atoms with van der Waals surface area (Å²) in [5.41, 5.74) is 7.65. The molecule has 0 amide bonds. The summed E-state index contributed by atoms with van der Waals surface area (Å²) in [6.45, 7) is 4.65. The zero-order chi connectivity index (χ0) is 14.7. The third-order valence-electron chi connectivity index (χ3n) is 4.86. The van der Waals surface area contributed by atoms with E-state index in [1.807, 2.05) is 12.1 Å². The van der Waals surface area contributed by atoms with Crippen molar-refractivity contribution in [2.24, 2.45) is 11.7 Å². The zero-order valence-electron chi connectivity index (χ0n) is 12.9. The fraction of sp³-hybridized carbons (Fsp3) is 0.647. The van der Waals surface area contributed by atoms with Gasteiger partial charge in [0.1, 0.15) is 5.82 Å². The van der Waals surface area contributed by atoms with E-state index in [0.29, 0.717) is 18.2 Å². The quantitative estimate of drug-likeness (QED) is 0.911. The molecule has 3 heteroatoms. The van der Waals surface area contributed by atoms with Crippen LogP contribution in [-0.4, -0.2) is 24.5 Å². The van der Waals surface area contributed by atoms with Crippen LogP contribution >= 0.6 is 0 Å². The van der Waals surface area contributed by atoms with E-state index in [1.165, 1.54) is 25.7 Å². The van der Waals surface area contributed by atoms with Gasteiger partial charge in [-0.25, -0.2) is 4.39 Å². The number of rotatable bonds is 4. The van der Waals surface area contributed by atoms with Crippen LogP contribution in [0.15, 0.2) is 18.2 Å². The largest absolute Gasteiger partial charge is 0.329 e. The van der Waals surface area contributed by atoms with Gasteiger partial charge in [0, 0.05) is 18.6 Å². The van der Waals surface area contributed by atoms with Crippen LogP contribution in [0.4, 0.5) is 4.39 Å². The van der Waals surface area contributed by atoms with Gasteiger partial charge >= 0.3 is 0 Å². The van der Waals surface area contributed by atoms with Crippen molar-refractivity contribution >= 4 is 0 Å². The van der Waals surface area contributed by atoms with Crippen molar-refractivity contribution < 1.29 is 4.39 Å². The van der Waals surface area contributed by atoms with Gasteiger partial charge < -0.3 is 5.73 Å². The molecular weight excluding hydrogens is 251 g/mol. The topological polar surface area (TPSA) is 29.3 Å². The van der Waals surface area contributed by atoms with Crippen LogP contribution in [0.25, 0.3) is 0 Å². The molecular formula is C17H27FN2. The Labute approximate surface area is 122 Å². The standard InChI is InChI=1S/C17H27FN2/c1-12-4-8-15(9-5-12)20(3)17(11-19)14-7-6-13(2)16(18)10-14/h6-7,10,12,15,17H,4-5,8-9,11,19H2,1-3H3. The summed E-state index contributed by atoms with van der Waals surface area (Å²) in [4.78, 5) is 2.36. The molecule has 0 bridgehead atoms. The molecule has 1 aromatic carbocycles. The maximum atomic E-state index is 13.8. The molecule has 1 atom stereocenters.